The molecule has 0 saturated heterocycles. The van der Waals surface area contributed by atoms with E-state index in [0.717, 1.165) is 11.8 Å². The van der Waals surface area contributed by atoms with Crippen LogP contribution < -0.4 is 11.5 Å². The molecule has 0 radical (unpaired) electrons. The van der Waals surface area contributed by atoms with Gasteiger partial charge in [-0.2, -0.15) is 4.99 Å². The van der Waals surface area contributed by atoms with Crippen LogP contribution in [-0.4, -0.2) is 26.5 Å². The molecule has 2 rings (SSSR count). The molecular formula is C16H17N3O3S. The van der Waals surface area contributed by atoms with Crippen LogP contribution in [0.3, 0.4) is 0 Å². The number of guanidine groups is 1. The average molecular weight is 331 g/mol. The fraction of sp³-hybridized carbons (Fsp3) is 0.125. The van der Waals surface area contributed by atoms with Gasteiger partial charge in [-0.3, -0.25) is 4.79 Å². The van der Waals surface area contributed by atoms with Crippen molar-refractivity contribution in [3.8, 4) is 11.1 Å². The second kappa shape index (κ2) is 6.21. The molecule has 0 saturated carbocycles. The number of benzene rings is 2. The highest BCUT2D eigenvalue weighted by Gasteiger charge is 2.20. The van der Waals surface area contributed by atoms with Gasteiger partial charge >= 0.3 is 0 Å². The van der Waals surface area contributed by atoms with Gasteiger partial charge in [0.05, 0.1) is 4.90 Å². The molecule has 6 nitrogen and oxygen atoms in total. The smallest absolute Gasteiger partial charge is 0.280 e. The zero-order chi connectivity index (χ0) is 17.2. The summed E-state index contributed by atoms with van der Waals surface area (Å²) in [5.41, 5.74) is 12.5. The minimum atomic E-state index is -3.55. The molecule has 0 heterocycles. The Morgan fingerprint density at radius 1 is 1.09 bits per heavy atom. The van der Waals surface area contributed by atoms with Crippen LogP contribution in [0, 0.1) is 6.92 Å². The molecule has 0 aliphatic carbocycles. The average Bonchev–Trinajstić information content (AvgIpc) is 2.45. The maximum absolute atomic E-state index is 12.1. The van der Waals surface area contributed by atoms with Crippen LogP contribution in [0.25, 0.3) is 11.1 Å². The van der Waals surface area contributed by atoms with E-state index in [-0.39, 0.29) is 16.4 Å². The molecule has 2 aromatic carbocycles. The van der Waals surface area contributed by atoms with E-state index in [1.807, 2.05) is 18.2 Å². The predicted octanol–water partition coefficient (Wildman–Crippen LogP) is 1.48. The van der Waals surface area contributed by atoms with Crippen LogP contribution in [0.5, 0.6) is 0 Å². The van der Waals surface area contributed by atoms with Gasteiger partial charge < -0.3 is 11.5 Å². The number of nitrogens with two attached hydrogens (primary N) is 2. The van der Waals surface area contributed by atoms with Crippen molar-refractivity contribution in [2.75, 3.05) is 6.26 Å². The third-order valence-corrected chi connectivity index (χ3v) is 4.41. The van der Waals surface area contributed by atoms with Crippen LogP contribution in [0.4, 0.5) is 0 Å². The summed E-state index contributed by atoms with van der Waals surface area (Å²) in [5, 5.41) is 0. The van der Waals surface area contributed by atoms with Gasteiger partial charge in [-0.25, -0.2) is 8.42 Å². The quantitative estimate of drug-likeness (QED) is 0.653. The number of rotatable bonds is 3. The van der Waals surface area contributed by atoms with Crippen LogP contribution in [0.2, 0.25) is 0 Å². The summed E-state index contributed by atoms with van der Waals surface area (Å²) in [6.07, 6.45) is 1.10. The maximum Gasteiger partial charge on any atom is 0.280 e. The van der Waals surface area contributed by atoms with Crippen LogP contribution >= 0.6 is 0 Å². The highest BCUT2D eigenvalue weighted by molar-refractivity contribution is 7.90. The number of aliphatic imine (C=N–C) groups is 1. The Bertz CT molecular complexity index is 884. The standard InChI is InChI=1S/C16H17N3O3S/c1-10-8-13(11-6-4-3-5-7-11)14(23(2,21)22)9-12(10)15(20)19-16(17)18/h3-9H,1-2H3,(H4,17,18,19,20). The first kappa shape index (κ1) is 16.7. The maximum atomic E-state index is 12.1. The van der Waals surface area contributed by atoms with Crippen molar-refractivity contribution in [3.05, 3.63) is 53.6 Å². The zero-order valence-corrected chi connectivity index (χ0v) is 13.6. The minimum absolute atomic E-state index is 0.0587. The van der Waals surface area contributed by atoms with Gasteiger partial charge in [0.1, 0.15) is 0 Å². The number of amides is 1. The van der Waals surface area contributed by atoms with Crippen molar-refractivity contribution in [2.24, 2.45) is 16.5 Å². The molecule has 0 aliphatic rings. The molecule has 7 heteroatoms. The normalized spacial score (nSPS) is 11.0. The summed E-state index contributed by atoms with van der Waals surface area (Å²) in [7, 11) is -3.55. The number of carbonyl (C=O) groups is 1. The lowest BCUT2D eigenvalue weighted by molar-refractivity contribution is 0.100. The fourth-order valence-corrected chi connectivity index (χ4v) is 3.15. The molecule has 1 amide bonds. The van der Waals surface area contributed by atoms with Gasteiger partial charge in [0.25, 0.3) is 5.91 Å². The van der Waals surface area contributed by atoms with E-state index in [4.69, 9.17) is 11.5 Å². The van der Waals surface area contributed by atoms with Gasteiger partial charge in [0.15, 0.2) is 15.8 Å². The number of sulfone groups is 1. The number of carbonyl (C=O) groups excluding carboxylic acids is 1. The molecule has 0 aliphatic heterocycles. The summed E-state index contributed by atoms with van der Waals surface area (Å²) in [6, 6.07) is 12.1. The van der Waals surface area contributed by atoms with Gasteiger partial charge in [-0.05, 0) is 30.2 Å². The van der Waals surface area contributed by atoms with Gasteiger partial charge in [0.2, 0.25) is 0 Å². The summed E-state index contributed by atoms with van der Waals surface area (Å²) in [4.78, 5) is 15.6. The molecule has 0 atom stereocenters. The highest BCUT2D eigenvalue weighted by Crippen LogP contribution is 2.30. The molecule has 4 N–H and O–H groups in total. The first-order valence-corrected chi connectivity index (χ1v) is 8.63. The number of aryl methyl sites for hydroxylation is 1. The summed E-state index contributed by atoms with van der Waals surface area (Å²) in [6.45, 7) is 1.70. The minimum Gasteiger partial charge on any atom is -0.370 e. The Morgan fingerprint density at radius 3 is 2.22 bits per heavy atom. The Morgan fingerprint density at radius 2 is 1.70 bits per heavy atom. The van der Waals surface area contributed by atoms with Crippen molar-refractivity contribution in [3.63, 3.8) is 0 Å². The first-order chi connectivity index (χ1) is 10.7. The second-order valence-electron chi connectivity index (χ2n) is 5.14. The molecule has 0 unspecified atom stereocenters. The van der Waals surface area contributed by atoms with E-state index < -0.39 is 15.7 Å². The van der Waals surface area contributed by atoms with E-state index in [0.29, 0.717) is 11.1 Å². The van der Waals surface area contributed by atoms with Crippen LogP contribution in [-0.2, 0) is 9.84 Å². The molecule has 0 aromatic heterocycles. The topological polar surface area (TPSA) is 116 Å². The molecule has 23 heavy (non-hydrogen) atoms. The van der Waals surface area contributed by atoms with E-state index in [1.54, 1.807) is 25.1 Å². The largest absolute Gasteiger partial charge is 0.370 e. The highest BCUT2D eigenvalue weighted by atomic mass is 32.2. The Kier molecular flexibility index (Phi) is 4.51. The van der Waals surface area contributed by atoms with E-state index in [1.165, 1.54) is 6.07 Å². The zero-order valence-electron chi connectivity index (χ0n) is 12.8. The SMILES string of the molecule is Cc1cc(-c2ccccc2)c(S(C)(=O)=O)cc1C(=O)N=C(N)N. The van der Waals surface area contributed by atoms with Crippen molar-refractivity contribution < 1.29 is 13.2 Å². The van der Waals surface area contributed by atoms with Gasteiger partial charge in [-0.1, -0.05) is 30.3 Å². The van der Waals surface area contributed by atoms with E-state index in [9.17, 15) is 13.2 Å². The first-order valence-electron chi connectivity index (χ1n) is 6.74. The van der Waals surface area contributed by atoms with E-state index >= 15 is 0 Å². The molecular weight excluding hydrogens is 314 g/mol. The van der Waals surface area contributed by atoms with Gasteiger partial charge in [0, 0.05) is 17.4 Å². The third kappa shape index (κ3) is 3.75. The van der Waals surface area contributed by atoms with Crippen molar-refractivity contribution >= 4 is 21.7 Å². The lowest BCUT2D eigenvalue weighted by Gasteiger charge is -2.12. The predicted molar refractivity (Wildman–Crippen MR) is 89.9 cm³/mol. The molecule has 0 spiro atoms. The summed E-state index contributed by atoms with van der Waals surface area (Å²) < 4.78 is 24.3. The number of hydrogen-bond acceptors (Lipinski definition) is 3. The number of hydrogen-bond donors (Lipinski definition) is 2. The number of nitrogens with zero attached hydrogens (tertiary/aromatic N) is 1. The molecule has 2 aromatic rings. The summed E-state index contributed by atoms with van der Waals surface area (Å²) >= 11 is 0. The van der Waals surface area contributed by atoms with E-state index in [2.05, 4.69) is 4.99 Å². The fourth-order valence-electron chi connectivity index (χ4n) is 2.25. The Labute approximate surface area is 134 Å². The van der Waals surface area contributed by atoms with Gasteiger partial charge in [-0.15, -0.1) is 0 Å². The van der Waals surface area contributed by atoms with Crippen LogP contribution in [0.1, 0.15) is 15.9 Å². The third-order valence-electron chi connectivity index (χ3n) is 3.27. The Hall–Kier alpha value is -2.67. The van der Waals surface area contributed by atoms with Crippen LogP contribution in [0.15, 0.2) is 52.4 Å². The van der Waals surface area contributed by atoms with Crippen molar-refractivity contribution in [2.45, 2.75) is 11.8 Å². The Balaban J connectivity index is 2.74. The molecule has 0 bridgehead atoms. The summed E-state index contributed by atoms with van der Waals surface area (Å²) in [5.74, 6) is -1.05. The monoisotopic (exact) mass is 331 g/mol. The van der Waals surface area contributed by atoms with Crippen molar-refractivity contribution in [1.29, 1.82) is 0 Å². The molecule has 120 valence electrons. The van der Waals surface area contributed by atoms with Crippen molar-refractivity contribution in [1.82, 2.24) is 0 Å². The molecule has 0 fully saturated rings. The lowest BCUT2D eigenvalue weighted by atomic mass is 9.99. The lowest BCUT2D eigenvalue weighted by Crippen LogP contribution is -2.24. The second-order valence-corrected chi connectivity index (χ2v) is 7.13.